The maximum absolute atomic E-state index is 12.7. The van der Waals surface area contributed by atoms with Gasteiger partial charge in [-0.05, 0) is 95.9 Å². The van der Waals surface area contributed by atoms with E-state index < -0.39 is 71.4 Å². The second kappa shape index (κ2) is 26.1. The SMILES string of the molecule is COC(=O)[C@@H](N)Cc1ccc(O)cc1.COC(=O)[C@H](Cc1ccc(O)cc1)NC(=O)[C@H](CSC)NC(=O)OC(C)(C)C.CSC[C@H](NC(=O)OC(C)(C)C)C(=O)O. The standard InChI is InChI=1S/C19H28N2O6S.C10H13NO3.C9H17NO4S/c1-19(2,3)27-18(25)21-15(11-28-5)16(23)20-14(17(24)26-4)10-12-6-8-13(22)9-7-12;1-14-10(13)9(11)6-7-2-4-8(12)5-3-7;1-9(2,3)14-8(13)10-6(5-15-4)7(11)12/h6-9,14-15,22H,10-11H2,1-5H3,(H,20,23)(H,21,25);2-5,9,12H,6,11H2,1H3;6H,5H2,1-4H3,(H,10,13)(H,11,12)/t14-,15-;9-;6-/m000/s1. The lowest BCUT2D eigenvalue weighted by atomic mass is 10.1. The lowest BCUT2D eigenvalue weighted by Crippen LogP contribution is -2.54. The molecule has 0 unspecified atom stereocenters. The number of thioether (sulfide) groups is 2. The minimum Gasteiger partial charge on any atom is -0.508 e. The van der Waals surface area contributed by atoms with Crippen LogP contribution in [0.3, 0.4) is 0 Å². The number of phenolic OH excluding ortho intramolecular Hbond substituents is 2. The average molecular weight is 843 g/mol. The summed E-state index contributed by atoms with van der Waals surface area (Å²) in [6, 6.07) is 9.46. The van der Waals surface area contributed by atoms with Gasteiger partial charge in [0.25, 0.3) is 0 Å². The van der Waals surface area contributed by atoms with Crippen molar-refractivity contribution in [3.8, 4) is 11.5 Å². The summed E-state index contributed by atoms with van der Waals surface area (Å²) < 4.78 is 19.4. The molecule has 2 aromatic carbocycles. The number of hydrogen-bond donors (Lipinski definition) is 7. The van der Waals surface area contributed by atoms with Crippen molar-refractivity contribution < 1.29 is 63.0 Å². The zero-order valence-corrected chi connectivity index (χ0v) is 35.7. The van der Waals surface area contributed by atoms with E-state index in [0.717, 1.165) is 11.1 Å². The highest BCUT2D eigenvalue weighted by Crippen LogP contribution is 2.14. The predicted molar refractivity (Wildman–Crippen MR) is 218 cm³/mol. The summed E-state index contributed by atoms with van der Waals surface area (Å²) in [5.74, 6) is -1.71. The number of phenols is 2. The Kier molecular flexibility index (Phi) is 23.9. The smallest absolute Gasteiger partial charge is 0.408 e. The van der Waals surface area contributed by atoms with Crippen molar-refractivity contribution in [3.63, 3.8) is 0 Å². The molecule has 8 N–H and O–H groups in total. The van der Waals surface area contributed by atoms with Gasteiger partial charge in [0.15, 0.2) is 0 Å². The summed E-state index contributed by atoms with van der Waals surface area (Å²) in [6.07, 6.45) is 2.74. The van der Waals surface area contributed by atoms with Gasteiger partial charge in [0, 0.05) is 17.9 Å². The number of carboxylic acid groups (broad SMARTS) is 1. The maximum Gasteiger partial charge on any atom is 0.408 e. The normalized spacial score (nSPS) is 12.9. The fourth-order valence-electron chi connectivity index (χ4n) is 4.19. The maximum atomic E-state index is 12.7. The molecule has 0 saturated heterocycles. The molecule has 320 valence electrons. The van der Waals surface area contributed by atoms with Crippen LogP contribution >= 0.6 is 23.5 Å². The van der Waals surface area contributed by atoms with Crippen molar-refractivity contribution in [2.75, 3.05) is 38.2 Å². The highest BCUT2D eigenvalue weighted by atomic mass is 32.2. The number of carboxylic acids is 1. The van der Waals surface area contributed by atoms with Crippen LogP contribution in [0.15, 0.2) is 48.5 Å². The van der Waals surface area contributed by atoms with E-state index in [1.54, 1.807) is 90.5 Å². The number of carbonyl (C=O) groups is 6. The molecular formula is C38H58N4O13S2. The molecule has 0 aliphatic carbocycles. The van der Waals surface area contributed by atoms with Crippen LogP contribution in [0, 0.1) is 0 Å². The summed E-state index contributed by atoms with van der Waals surface area (Å²) in [5.41, 5.74) is 5.87. The summed E-state index contributed by atoms with van der Waals surface area (Å²) in [4.78, 5) is 69.7. The van der Waals surface area contributed by atoms with Crippen molar-refractivity contribution in [1.82, 2.24) is 16.0 Å². The van der Waals surface area contributed by atoms with Gasteiger partial charge in [-0.3, -0.25) is 9.59 Å². The van der Waals surface area contributed by atoms with Crippen LogP contribution < -0.4 is 21.7 Å². The molecule has 3 amide bonds. The number of rotatable bonds is 15. The monoisotopic (exact) mass is 842 g/mol. The van der Waals surface area contributed by atoms with E-state index in [0.29, 0.717) is 17.9 Å². The molecule has 17 nitrogen and oxygen atoms in total. The van der Waals surface area contributed by atoms with E-state index >= 15 is 0 Å². The topological polar surface area (TPSA) is 262 Å². The van der Waals surface area contributed by atoms with E-state index in [2.05, 4.69) is 20.7 Å². The quantitative estimate of drug-likeness (QED) is 0.0998. The second-order valence-electron chi connectivity index (χ2n) is 14.1. The van der Waals surface area contributed by atoms with E-state index in [4.69, 9.17) is 30.2 Å². The molecule has 2 rings (SSSR count). The Hall–Kier alpha value is -4.88. The molecule has 0 heterocycles. The highest BCUT2D eigenvalue weighted by molar-refractivity contribution is 7.98. The molecule has 4 atom stereocenters. The number of hydrogen-bond acceptors (Lipinski definition) is 15. The van der Waals surface area contributed by atoms with Crippen LogP contribution in [0.2, 0.25) is 0 Å². The molecule has 57 heavy (non-hydrogen) atoms. The highest BCUT2D eigenvalue weighted by Gasteiger charge is 2.29. The average Bonchev–Trinajstić information content (AvgIpc) is 3.11. The van der Waals surface area contributed by atoms with Gasteiger partial charge in [0.2, 0.25) is 5.91 Å². The molecule has 2 aromatic rings. The minimum absolute atomic E-state index is 0.101. The van der Waals surface area contributed by atoms with Crippen molar-refractivity contribution in [1.29, 1.82) is 0 Å². The zero-order valence-electron chi connectivity index (χ0n) is 34.1. The molecule has 0 radical (unpaired) electrons. The van der Waals surface area contributed by atoms with E-state index in [9.17, 15) is 33.9 Å². The van der Waals surface area contributed by atoms with Gasteiger partial charge in [-0.2, -0.15) is 23.5 Å². The third-order valence-corrected chi connectivity index (χ3v) is 8.07. The number of nitrogens with two attached hydrogens (primary N) is 1. The molecule has 0 aliphatic rings. The number of aliphatic carboxylic acids is 1. The van der Waals surface area contributed by atoms with Gasteiger partial charge < -0.3 is 56.0 Å². The van der Waals surface area contributed by atoms with Gasteiger partial charge in [0.05, 0.1) is 14.2 Å². The number of carbonyl (C=O) groups excluding carboxylic acids is 5. The third-order valence-electron chi connectivity index (χ3n) is 6.74. The van der Waals surface area contributed by atoms with Crippen LogP contribution in [0.25, 0.3) is 0 Å². The second-order valence-corrected chi connectivity index (χ2v) is 15.9. The van der Waals surface area contributed by atoms with E-state index in [1.807, 2.05) is 0 Å². The first-order valence-electron chi connectivity index (χ1n) is 17.4. The third kappa shape index (κ3) is 24.4. The van der Waals surface area contributed by atoms with Crippen LogP contribution in [-0.4, -0.2) is 125 Å². The number of benzene rings is 2. The molecule has 19 heteroatoms. The van der Waals surface area contributed by atoms with Gasteiger partial charge in [-0.15, -0.1) is 0 Å². The van der Waals surface area contributed by atoms with Crippen molar-refractivity contribution in [2.24, 2.45) is 5.73 Å². The number of ether oxygens (including phenoxy) is 4. The molecule has 0 bridgehead atoms. The first-order chi connectivity index (χ1) is 26.4. The van der Waals surface area contributed by atoms with Crippen molar-refractivity contribution >= 4 is 59.5 Å². The minimum atomic E-state index is -1.06. The Morgan fingerprint density at radius 1 is 0.632 bits per heavy atom. The molecule has 0 fully saturated rings. The van der Waals surface area contributed by atoms with Crippen molar-refractivity contribution in [3.05, 3.63) is 59.7 Å². The number of nitrogens with one attached hydrogen (secondary N) is 3. The predicted octanol–water partition coefficient (Wildman–Crippen LogP) is 3.61. The zero-order chi connectivity index (χ0) is 43.9. The van der Waals surface area contributed by atoms with Crippen molar-refractivity contribution in [2.45, 2.75) is 89.8 Å². The first-order valence-corrected chi connectivity index (χ1v) is 20.2. The molecule has 0 aliphatic heterocycles. The fraction of sp³-hybridized carbons (Fsp3) is 0.526. The molecular weight excluding hydrogens is 785 g/mol. The Balaban J connectivity index is 0.000000910. The number of methoxy groups -OCH3 is 2. The van der Waals surface area contributed by atoms with E-state index in [-0.39, 0.29) is 17.9 Å². The summed E-state index contributed by atoms with van der Waals surface area (Å²) in [6.45, 7) is 10.3. The Morgan fingerprint density at radius 2 is 1.02 bits per heavy atom. The number of alkyl carbamates (subject to hydrolysis) is 2. The lowest BCUT2D eigenvalue weighted by Gasteiger charge is -2.24. The fourth-order valence-corrected chi connectivity index (χ4v) is 5.31. The lowest BCUT2D eigenvalue weighted by molar-refractivity contribution is -0.145. The largest absolute Gasteiger partial charge is 0.508 e. The Morgan fingerprint density at radius 3 is 1.39 bits per heavy atom. The summed E-state index contributed by atoms with van der Waals surface area (Å²) in [7, 11) is 2.54. The Bertz CT molecular complexity index is 1560. The van der Waals surface area contributed by atoms with Gasteiger partial charge in [-0.1, -0.05) is 24.3 Å². The van der Waals surface area contributed by atoms with Crippen LogP contribution in [0.1, 0.15) is 52.7 Å². The molecule has 0 aromatic heterocycles. The first kappa shape index (κ1) is 52.1. The van der Waals surface area contributed by atoms with Gasteiger partial charge >= 0.3 is 30.1 Å². The molecule has 0 spiro atoms. The van der Waals surface area contributed by atoms with E-state index in [1.165, 1.54) is 49.9 Å². The summed E-state index contributed by atoms with van der Waals surface area (Å²) >= 11 is 2.72. The Labute approximate surface area is 342 Å². The number of aromatic hydroxyl groups is 2. The number of esters is 2. The van der Waals surface area contributed by atoms with Gasteiger partial charge in [-0.25, -0.2) is 19.2 Å². The summed E-state index contributed by atoms with van der Waals surface area (Å²) in [5, 5.41) is 34.6. The van der Waals surface area contributed by atoms with Gasteiger partial charge in [0.1, 0.15) is 46.9 Å². The molecule has 0 saturated carbocycles. The number of amides is 3. The van der Waals surface area contributed by atoms with Crippen LogP contribution in [0.4, 0.5) is 9.59 Å². The van der Waals surface area contributed by atoms with Crippen LogP contribution in [-0.2, 0) is 51.0 Å². The van der Waals surface area contributed by atoms with Crippen LogP contribution in [0.5, 0.6) is 11.5 Å².